The van der Waals surface area contributed by atoms with Gasteiger partial charge in [0.2, 0.25) is 15.9 Å². The summed E-state index contributed by atoms with van der Waals surface area (Å²) in [6.45, 7) is 5.30. The number of anilines is 1. The Morgan fingerprint density at radius 1 is 1.07 bits per heavy atom. The smallest absolute Gasteiger partial charge is 0.240 e. The molecule has 0 bridgehead atoms. The van der Waals surface area contributed by atoms with E-state index >= 15 is 0 Å². The van der Waals surface area contributed by atoms with Crippen molar-refractivity contribution in [2.75, 3.05) is 36.9 Å². The van der Waals surface area contributed by atoms with Crippen molar-refractivity contribution in [2.24, 2.45) is 0 Å². The molecule has 1 saturated heterocycles. The molecule has 162 valence electrons. The molecule has 2 aromatic carbocycles. The lowest BCUT2D eigenvalue weighted by molar-refractivity contribution is -0.120. The molecular weight excluding hydrogens is 400 g/mol. The van der Waals surface area contributed by atoms with Crippen molar-refractivity contribution in [2.45, 2.75) is 32.1 Å². The van der Waals surface area contributed by atoms with Gasteiger partial charge in [0.1, 0.15) is 6.54 Å². The molecule has 7 heteroatoms. The van der Waals surface area contributed by atoms with E-state index in [-0.39, 0.29) is 17.9 Å². The van der Waals surface area contributed by atoms with Crippen LogP contribution >= 0.6 is 0 Å². The number of hydrogen-bond donors (Lipinski definition) is 1. The zero-order chi connectivity index (χ0) is 21.8. The van der Waals surface area contributed by atoms with E-state index in [2.05, 4.69) is 17.4 Å². The predicted molar refractivity (Wildman–Crippen MR) is 119 cm³/mol. The van der Waals surface area contributed by atoms with Gasteiger partial charge in [0.25, 0.3) is 0 Å². The second kappa shape index (κ2) is 9.18. The maximum Gasteiger partial charge on any atom is 0.240 e. The minimum absolute atomic E-state index is 0.203. The predicted octanol–water partition coefficient (Wildman–Crippen LogP) is 2.93. The Kier molecular flexibility index (Phi) is 6.83. The molecule has 0 radical (unpaired) electrons. The molecule has 3 rings (SSSR count). The summed E-state index contributed by atoms with van der Waals surface area (Å²) in [7, 11) is -3.60. The van der Waals surface area contributed by atoms with E-state index in [1.54, 1.807) is 12.1 Å². The molecule has 0 aliphatic carbocycles. The highest BCUT2D eigenvalue weighted by molar-refractivity contribution is 7.92. The molecule has 0 saturated carbocycles. The highest BCUT2D eigenvalue weighted by Gasteiger charge is 2.35. The van der Waals surface area contributed by atoms with Gasteiger partial charge in [-0.05, 0) is 55.5 Å². The van der Waals surface area contributed by atoms with Crippen LogP contribution in [0.1, 0.15) is 29.5 Å². The second-order valence-electron chi connectivity index (χ2n) is 8.15. The summed E-state index contributed by atoms with van der Waals surface area (Å²) in [5.74, 6) is -0.318. The van der Waals surface area contributed by atoms with Crippen molar-refractivity contribution < 1.29 is 17.9 Å². The van der Waals surface area contributed by atoms with Crippen molar-refractivity contribution in [3.05, 3.63) is 65.2 Å². The van der Waals surface area contributed by atoms with Crippen LogP contribution in [0.4, 0.5) is 5.69 Å². The van der Waals surface area contributed by atoms with Crippen molar-refractivity contribution >= 4 is 21.6 Å². The number of rotatable bonds is 7. The fourth-order valence-corrected chi connectivity index (χ4v) is 4.91. The van der Waals surface area contributed by atoms with E-state index in [0.717, 1.165) is 30.2 Å². The Labute approximate surface area is 179 Å². The van der Waals surface area contributed by atoms with Gasteiger partial charge in [0.05, 0.1) is 11.9 Å². The number of sulfonamides is 1. The molecule has 2 aromatic rings. The van der Waals surface area contributed by atoms with Crippen LogP contribution in [-0.2, 0) is 25.0 Å². The molecule has 0 unspecified atom stereocenters. The summed E-state index contributed by atoms with van der Waals surface area (Å²) in [6, 6.07) is 15.7. The third kappa shape index (κ3) is 5.40. The number of ether oxygens (including phenoxy) is 1. The van der Waals surface area contributed by atoms with Crippen LogP contribution < -0.4 is 9.62 Å². The molecule has 1 amide bonds. The van der Waals surface area contributed by atoms with Gasteiger partial charge in [0.15, 0.2) is 0 Å². The SMILES string of the molecule is Cc1cc(C)cc(N(CC(=O)NCC2(c3ccccc3)CCOCC2)S(C)(=O)=O)c1. The molecule has 0 atom stereocenters. The Morgan fingerprint density at radius 3 is 2.23 bits per heavy atom. The number of nitrogens with one attached hydrogen (secondary N) is 1. The lowest BCUT2D eigenvalue weighted by Crippen LogP contribution is -2.47. The van der Waals surface area contributed by atoms with Gasteiger partial charge in [-0.1, -0.05) is 36.4 Å². The van der Waals surface area contributed by atoms with E-state index < -0.39 is 10.0 Å². The standard InChI is InChI=1S/C23H30N2O4S/c1-18-13-19(2)15-21(14-18)25(30(3,27)28)16-22(26)24-17-23(9-11-29-12-10-23)20-7-5-4-6-8-20/h4-8,13-15H,9-12,16-17H2,1-3H3,(H,24,26). The van der Waals surface area contributed by atoms with Crippen LogP contribution in [0.15, 0.2) is 48.5 Å². The summed E-state index contributed by atoms with van der Waals surface area (Å²) in [4.78, 5) is 12.8. The van der Waals surface area contributed by atoms with Crippen LogP contribution in [0.2, 0.25) is 0 Å². The largest absolute Gasteiger partial charge is 0.381 e. The van der Waals surface area contributed by atoms with Crippen molar-refractivity contribution in [1.29, 1.82) is 0 Å². The minimum atomic E-state index is -3.60. The Hall–Kier alpha value is -2.38. The van der Waals surface area contributed by atoms with E-state index in [9.17, 15) is 13.2 Å². The molecule has 30 heavy (non-hydrogen) atoms. The third-order valence-corrected chi connectivity index (χ3v) is 6.78. The fraction of sp³-hybridized carbons (Fsp3) is 0.435. The maximum absolute atomic E-state index is 12.8. The third-order valence-electron chi connectivity index (χ3n) is 5.64. The minimum Gasteiger partial charge on any atom is -0.381 e. The first-order valence-electron chi connectivity index (χ1n) is 10.2. The van der Waals surface area contributed by atoms with Gasteiger partial charge < -0.3 is 10.1 Å². The number of carbonyl (C=O) groups is 1. The summed E-state index contributed by atoms with van der Waals surface area (Å²) in [5.41, 5.74) is 3.37. The molecule has 1 fully saturated rings. The lowest BCUT2D eigenvalue weighted by Gasteiger charge is -2.38. The Bertz CT molecular complexity index is 963. The highest BCUT2D eigenvalue weighted by atomic mass is 32.2. The normalized spacial score (nSPS) is 16.1. The van der Waals surface area contributed by atoms with Crippen molar-refractivity contribution in [1.82, 2.24) is 5.32 Å². The fourth-order valence-electron chi connectivity index (χ4n) is 4.07. The van der Waals surface area contributed by atoms with E-state index in [4.69, 9.17) is 4.74 Å². The van der Waals surface area contributed by atoms with E-state index in [0.29, 0.717) is 25.4 Å². The topological polar surface area (TPSA) is 75.7 Å². The van der Waals surface area contributed by atoms with Gasteiger partial charge in [-0.2, -0.15) is 0 Å². The molecule has 1 aliphatic rings. The Balaban J connectivity index is 1.76. The van der Waals surface area contributed by atoms with Crippen LogP contribution in [0.5, 0.6) is 0 Å². The van der Waals surface area contributed by atoms with Gasteiger partial charge >= 0.3 is 0 Å². The molecule has 1 heterocycles. The number of hydrogen-bond acceptors (Lipinski definition) is 4. The maximum atomic E-state index is 12.8. The first kappa shape index (κ1) is 22.3. The molecule has 0 spiro atoms. The quantitative estimate of drug-likeness (QED) is 0.733. The Morgan fingerprint density at radius 2 is 1.67 bits per heavy atom. The summed E-state index contributed by atoms with van der Waals surface area (Å²) in [5, 5.41) is 2.99. The summed E-state index contributed by atoms with van der Waals surface area (Å²) < 4.78 is 31.5. The summed E-state index contributed by atoms with van der Waals surface area (Å²) in [6.07, 6.45) is 2.75. The van der Waals surface area contributed by atoms with E-state index in [1.807, 2.05) is 38.1 Å². The van der Waals surface area contributed by atoms with Gasteiger partial charge in [0, 0.05) is 25.2 Å². The van der Waals surface area contributed by atoms with Gasteiger partial charge in [-0.3, -0.25) is 9.10 Å². The average molecular weight is 431 g/mol. The molecule has 1 aliphatic heterocycles. The lowest BCUT2D eigenvalue weighted by atomic mass is 9.74. The summed E-state index contributed by atoms with van der Waals surface area (Å²) >= 11 is 0. The van der Waals surface area contributed by atoms with Crippen LogP contribution in [0.25, 0.3) is 0 Å². The highest BCUT2D eigenvalue weighted by Crippen LogP contribution is 2.34. The van der Waals surface area contributed by atoms with Crippen molar-refractivity contribution in [3.8, 4) is 0 Å². The first-order chi connectivity index (χ1) is 14.2. The number of benzene rings is 2. The van der Waals surface area contributed by atoms with Gasteiger partial charge in [-0.15, -0.1) is 0 Å². The number of amides is 1. The number of carbonyl (C=O) groups excluding carboxylic acids is 1. The monoisotopic (exact) mass is 430 g/mol. The van der Waals surface area contributed by atoms with Crippen LogP contribution in [0, 0.1) is 13.8 Å². The van der Waals surface area contributed by atoms with Crippen molar-refractivity contribution in [3.63, 3.8) is 0 Å². The van der Waals surface area contributed by atoms with Crippen LogP contribution in [-0.4, -0.2) is 46.9 Å². The first-order valence-corrected chi connectivity index (χ1v) is 12.0. The average Bonchev–Trinajstić information content (AvgIpc) is 2.70. The molecule has 6 nitrogen and oxygen atoms in total. The molecule has 0 aromatic heterocycles. The molecular formula is C23H30N2O4S. The molecule has 1 N–H and O–H groups in total. The van der Waals surface area contributed by atoms with E-state index in [1.165, 1.54) is 9.87 Å². The second-order valence-corrected chi connectivity index (χ2v) is 10.1. The number of nitrogens with zero attached hydrogens (tertiary/aromatic N) is 1. The zero-order valence-corrected chi connectivity index (χ0v) is 18.7. The van der Waals surface area contributed by atoms with Crippen LogP contribution in [0.3, 0.4) is 0 Å². The zero-order valence-electron chi connectivity index (χ0n) is 17.8. The number of aryl methyl sites for hydroxylation is 2. The van der Waals surface area contributed by atoms with Gasteiger partial charge in [-0.25, -0.2) is 8.42 Å².